The Balaban J connectivity index is 3.67. The summed E-state index contributed by atoms with van der Waals surface area (Å²) in [6, 6.07) is 0. The summed E-state index contributed by atoms with van der Waals surface area (Å²) in [7, 11) is 0. The molecule has 0 aliphatic heterocycles. The van der Waals surface area contributed by atoms with Crippen LogP contribution in [-0.2, 0) is 4.79 Å². The molecule has 1 nitrogen and oxygen atoms in total. The maximum atomic E-state index is 10.2. The second kappa shape index (κ2) is 7.04. The minimum absolute atomic E-state index is 0.633. The maximum Gasteiger partial charge on any atom is 0.157 e. The van der Waals surface area contributed by atoms with Gasteiger partial charge in [-0.05, 0) is 28.8 Å². The largest absolute Gasteiger partial charge is 0.297 e. The summed E-state index contributed by atoms with van der Waals surface area (Å²) in [5.41, 5.74) is 0. The van der Waals surface area contributed by atoms with Crippen LogP contribution in [0.5, 0.6) is 0 Å². The van der Waals surface area contributed by atoms with E-state index >= 15 is 0 Å². The van der Waals surface area contributed by atoms with Crippen molar-refractivity contribution < 1.29 is 4.79 Å². The first-order valence-electron chi connectivity index (χ1n) is 3.71. The Bertz CT molecular complexity index is 152. The van der Waals surface area contributed by atoms with Crippen LogP contribution in [0.3, 0.4) is 0 Å². The fraction of sp³-hybridized carbons (Fsp3) is 0.625. The molecule has 0 aromatic rings. The van der Waals surface area contributed by atoms with Crippen molar-refractivity contribution in [2.24, 2.45) is 0 Å². The molecule has 0 spiro atoms. The molecule has 0 bridgehead atoms. The van der Waals surface area contributed by atoms with Gasteiger partial charge in [0.25, 0.3) is 0 Å². The first kappa shape index (κ1) is 11.4. The van der Waals surface area contributed by atoms with E-state index in [1.165, 1.54) is 12.8 Å². The van der Waals surface area contributed by atoms with Crippen molar-refractivity contribution in [2.75, 3.05) is 0 Å². The molecular formula is C8H12Br2O. The topological polar surface area (TPSA) is 17.1 Å². The number of unbranched alkanes of at least 4 members (excludes halogenated alkanes) is 2. The van der Waals surface area contributed by atoms with Crippen LogP contribution in [0.4, 0.5) is 0 Å². The van der Waals surface area contributed by atoms with Crippen molar-refractivity contribution in [3.8, 4) is 0 Å². The second-order valence-electron chi connectivity index (χ2n) is 2.33. The molecule has 11 heavy (non-hydrogen) atoms. The molecule has 0 radical (unpaired) electrons. The lowest BCUT2D eigenvalue weighted by Crippen LogP contribution is -1.80. The van der Waals surface area contributed by atoms with Crippen LogP contribution in [0.15, 0.2) is 8.96 Å². The third kappa shape index (κ3) is 5.62. The van der Waals surface area contributed by atoms with E-state index in [4.69, 9.17) is 0 Å². The van der Waals surface area contributed by atoms with Crippen LogP contribution in [0.25, 0.3) is 0 Å². The van der Waals surface area contributed by atoms with Gasteiger partial charge in [-0.1, -0.05) is 35.7 Å². The van der Waals surface area contributed by atoms with E-state index in [9.17, 15) is 4.79 Å². The quantitative estimate of drug-likeness (QED) is 0.426. The molecule has 0 N–H and O–H groups in total. The average molecular weight is 284 g/mol. The molecule has 3 heteroatoms. The lowest BCUT2D eigenvalue weighted by molar-refractivity contribution is -0.104. The number of halogens is 2. The molecule has 0 amide bonds. The number of carbonyl (C=O) groups is 1. The van der Waals surface area contributed by atoms with Crippen molar-refractivity contribution in [3.05, 3.63) is 8.96 Å². The molecule has 0 rings (SSSR count). The van der Waals surface area contributed by atoms with E-state index < -0.39 is 0 Å². The number of rotatable bonds is 5. The summed E-state index contributed by atoms with van der Waals surface area (Å²) in [6.45, 7) is 2.16. The fourth-order valence-electron chi connectivity index (χ4n) is 0.714. The van der Waals surface area contributed by atoms with Crippen LogP contribution in [-0.4, -0.2) is 6.29 Å². The minimum atomic E-state index is 0.633. The van der Waals surface area contributed by atoms with Gasteiger partial charge in [0, 0.05) is 4.48 Å². The summed E-state index contributed by atoms with van der Waals surface area (Å²) >= 11 is 6.49. The number of carbonyl (C=O) groups excluding carboxylic acids is 1. The molecule has 0 atom stereocenters. The summed E-state index contributed by atoms with van der Waals surface area (Å²) in [4.78, 5) is 10.2. The normalized spacial score (nSPS) is 12.6. The molecule has 0 unspecified atom stereocenters. The predicted molar refractivity (Wildman–Crippen MR) is 55.1 cm³/mol. The summed E-state index contributed by atoms with van der Waals surface area (Å²) < 4.78 is 1.61. The lowest BCUT2D eigenvalue weighted by atomic mass is 10.2. The van der Waals surface area contributed by atoms with Crippen LogP contribution >= 0.6 is 31.9 Å². The van der Waals surface area contributed by atoms with E-state index in [2.05, 4.69) is 38.8 Å². The second-order valence-corrected chi connectivity index (χ2v) is 4.14. The Morgan fingerprint density at radius 1 is 1.36 bits per heavy atom. The van der Waals surface area contributed by atoms with E-state index in [0.29, 0.717) is 4.48 Å². The van der Waals surface area contributed by atoms with E-state index in [-0.39, 0.29) is 0 Å². The first-order chi connectivity index (χ1) is 5.22. The van der Waals surface area contributed by atoms with Gasteiger partial charge in [0.15, 0.2) is 6.29 Å². The molecule has 0 aliphatic carbocycles. The van der Waals surface area contributed by atoms with Crippen molar-refractivity contribution in [1.82, 2.24) is 0 Å². The van der Waals surface area contributed by atoms with Crippen molar-refractivity contribution in [1.29, 1.82) is 0 Å². The van der Waals surface area contributed by atoms with Gasteiger partial charge in [-0.3, -0.25) is 4.79 Å². The summed E-state index contributed by atoms with van der Waals surface area (Å²) in [6.07, 6.45) is 5.33. The van der Waals surface area contributed by atoms with Gasteiger partial charge >= 0.3 is 0 Å². The molecule has 0 aliphatic rings. The highest BCUT2D eigenvalue weighted by Gasteiger charge is 1.98. The molecule has 0 heterocycles. The van der Waals surface area contributed by atoms with Crippen LogP contribution < -0.4 is 0 Å². The van der Waals surface area contributed by atoms with Crippen LogP contribution in [0.1, 0.15) is 32.6 Å². The van der Waals surface area contributed by atoms with Gasteiger partial charge in [0.1, 0.15) is 0 Å². The van der Waals surface area contributed by atoms with E-state index in [1.807, 2.05) is 0 Å². The molecule has 0 aromatic heterocycles. The molecule has 64 valence electrons. The smallest absolute Gasteiger partial charge is 0.157 e. The Morgan fingerprint density at radius 3 is 2.45 bits per heavy atom. The Morgan fingerprint density at radius 2 is 2.00 bits per heavy atom. The highest BCUT2D eigenvalue weighted by molar-refractivity contribution is 9.14. The predicted octanol–water partition coefficient (Wildman–Crippen LogP) is 3.77. The molecule has 0 saturated heterocycles. The Kier molecular flexibility index (Phi) is 7.28. The van der Waals surface area contributed by atoms with Crippen molar-refractivity contribution in [2.45, 2.75) is 32.6 Å². The minimum Gasteiger partial charge on any atom is -0.297 e. The van der Waals surface area contributed by atoms with Gasteiger partial charge in [0.05, 0.1) is 4.48 Å². The number of hydrogen-bond acceptors (Lipinski definition) is 1. The third-order valence-corrected chi connectivity index (χ3v) is 3.38. The number of allylic oxidation sites excluding steroid dienone is 2. The molecule has 0 saturated carbocycles. The monoisotopic (exact) mass is 282 g/mol. The summed E-state index contributed by atoms with van der Waals surface area (Å²) in [5.74, 6) is 0. The molecule has 0 fully saturated rings. The highest BCUT2D eigenvalue weighted by atomic mass is 79.9. The van der Waals surface area contributed by atoms with Gasteiger partial charge in [0.2, 0.25) is 0 Å². The average Bonchev–Trinajstić information content (AvgIpc) is 2.03. The molecule has 0 aromatic carbocycles. The third-order valence-electron chi connectivity index (χ3n) is 1.36. The number of aldehydes is 1. The zero-order chi connectivity index (χ0) is 8.69. The molecular weight excluding hydrogens is 272 g/mol. The van der Waals surface area contributed by atoms with Gasteiger partial charge < -0.3 is 0 Å². The van der Waals surface area contributed by atoms with Crippen LogP contribution in [0.2, 0.25) is 0 Å². The fourth-order valence-corrected chi connectivity index (χ4v) is 1.29. The van der Waals surface area contributed by atoms with Gasteiger partial charge in [-0.25, -0.2) is 0 Å². The Hall–Kier alpha value is 0.370. The highest BCUT2D eigenvalue weighted by Crippen LogP contribution is 2.21. The lowest BCUT2D eigenvalue weighted by Gasteiger charge is -1.97. The maximum absolute atomic E-state index is 10.2. The van der Waals surface area contributed by atoms with Crippen molar-refractivity contribution in [3.63, 3.8) is 0 Å². The number of hydrogen-bond donors (Lipinski definition) is 0. The van der Waals surface area contributed by atoms with Crippen molar-refractivity contribution >= 4 is 38.1 Å². The van der Waals surface area contributed by atoms with Gasteiger partial charge in [-0.15, -0.1) is 0 Å². The first-order valence-corrected chi connectivity index (χ1v) is 5.30. The van der Waals surface area contributed by atoms with Gasteiger partial charge in [-0.2, -0.15) is 0 Å². The SMILES string of the molecule is CCCCC/C(Br)=C(/Br)C=O. The standard InChI is InChI=1S/C8H12Br2O/c1-2-3-4-5-7(9)8(10)6-11/h6H,2-5H2,1H3/b8-7-. The van der Waals surface area contributed by atoms with E-state index in [1.54, 1.807) is 0 Å². The summed E-state index contributed by atoms with van der Waals surface area (Å²) in [5, 5.41) is 0. The zero-order valence-corrected chi connectivity index (χ0v) is 9.74. The van der Waals surface area contributed by atoms with E-state index in [0.717, 1.165) is 23.6 Å². The Labute approximate surface area is 84.5 Å². The zero-order valence-electron chi connectivity index (χ0n) is 6.57. The van der Waals surface area contributed by atoms with Crippen LogP contribution in [0, 0.1) is 0 Å².